The minimum Gasteiger partial charge on any atom is -0.349 e. The first-order chi connectivity index (χ1) is 10.9. The van der Waals surface area contributed by atoms with Crippen molar-refractivity contribution in [3.63, 3.8) is 0 Å². The maximum atomic E-state index is 12.3. The van der Waals surface area contributed by atoms with Crippen LogP contribution in [-0.4, -0.2) is 10.5 Å². The topological polar surface area (TPSA) is 57.8 Å². The zero-order valence-electron chi connectivity index (χ0n) is 13.9. The smallest absolute Gasteiger partial charge is 0.266 e. The first kappa shape index (κ1) is 16.6. The van der Waals surface area contributed by atoms with Gasteiger partial charge in [-0.15, -0.1) is 0 Å². The van der Waals surface area contributed by atoms with E-state index in [4.69, 9.17) is 0 Å². The summed E-state index contributed by atoms with van der Waals surface area (Å²) in [7, 11) is 0. The number of hydrogen-bond acceptors (Lipinski definition) is 2. The molecule has 4 nitrogen and oxygen atoms in total. The predicted molar refractivity (Wildman–Crippen MR) is 93.0 cm³/mol. The van der Waals surface area contributed by atoms with Crippen LogP contribution in [-0.2, 0) is 4.79 Å². The van der Waals surface area contributed by atoms with Crippen molar-refractivity contribution in [2.75, 3.05) is 5.32 Å². The van der Waals surface area contributed by atoms with E-state index in [2.05, 4.69) is 23.7 Å². The molecule has 0 aliphatic carbocycles. The molecule has 0 radical (unpaired) electrons. The lowest BCUT2D eigenvalue weighted by Crippen LogP contribution is -2.14. The summed E-state index contributed by atoms with van der Waals surface area (Å²) >= 11 is 0. The van der Waals surface area contributed by atoms with Gasteiger partial charge in [-0.25, -0.2) is 0 Å². The number of rotatable bonds is 4. The van der Waals surface area contributed by atoms with Gasteiger partial charge < -0.3 is 9.88 Å². The number of anilines is 1. The van der Waals surface area contributed by atoms with Gasteiger partial charge in [0, 0.05) is 23.6 Å². The first-order valence-corrected chi connectivity index (χ1v) is 7.59. The molecule has 0 unspecified atom stereocenters. The molecule has 0 fully saturated rings. The van der Waals surface area contributed by atoms with Gasteiger partial charge in [0.1, 0.15) is 11.6 Å². The van der Waals surface area contributed by atoms with Crippen LogP contribution < -0.4 is 5.32 Å². The third-order valence-corrected chi connectivity index (χ3v) is 3.70. The second-order valence-electron chi connectivity index (χ2n) is 5.85. The number of para-hydroxylation sites is 1. The Hall–Kier alpha value is -2.80. The van der Waals surface area contributed by atoms with Crippen molar-refractivity contribution in [1.82, 2.24) is 4.57 Å². The van der Waals surface area contributed by atoms with Crippen LogP contribution in [0, 0.1) is 25.2 Å². The van der Waals surface area contributed by atoms with E-state index < -0.39 is 5.91 Å². The number of nitrogens with zero attached hydrogens (tertiary/aromatic N) is 2. The monoisotopic (exact) mass is 307 g/mol. The first-order valence-electron chi connectivity index (χ1n) is 7.59. The lowest BCUT2D eigenvalue weighted by atomic mass is 10.1. The number of benzene rings is 1. The van der Waals surface area contributed by atoms with Crippen molar-refractivity contribution in [3.05, 3.63) is 58.9 Å². The van der Waals surface area contributed by atoms with E-state index in [0.717, 1.165) is 22.5 Å². The van der Waals surface area contributed by atoms with Crippen LogP contribution in [0.3, 0.4) is 0 Å². The fourth-order valence-corrected chi connectivity index (χ4v) is 2.47. The highest BCUT2D eigenvalue weighted by Gasteiger charge is 2.12. The van der Waals surface area contributed by atoms with Gasteiger partial charge in [0.25, 0.3) is 5.91 Å². The molecule has 0 bridgehead atoms. The average Bonchev–Trinajstić information content (AvgIpc) is 2.88. The second kappa shape index (κ2) is 6.97. The largest absolute Gasteiger partial charge is 0.349 e. The van der Waals surface area contributed by atoms with E-state index in [0.29, 0.717) is 6.04 Å². The normalized spacial score (nSPS) is 11.4. The van der Waals surface area contributed by atoms with Crippen molar-refractivity contribution < 1.29 is 4.79 Å². The van der Waals surface area contributed by atoms with Crippen molar-refractivity contribution >= 4 is 17.7 Å². The maximum absolute atomic E-state index is 12.3. The summed E-state index contributed by atoms with van der Waals surface area (Å²) in [6.45, 7) is 8.11. The Labute approximate surface area is 137 Å². The lowest BCUT2D eigenvalue weighted by Gasteiger charge is -2.09. The number of amides is 1. The average molecular weight is 307 g/mol. The Balaban J connectivity index is 2.25. The molecule has 1 aromatic heterocycles. The molecule has 0 saturated heterocycles. The molecule has 0 aliphatic rings. The number of carbonyl (C=O) groups is 1. The summed E-state index contributed by atoms with van der Waals surface area (Å²) in [4.78, 5) is 12.3. The summed E-state index contributed by atoms with van der Waals surface area (Å²) in [5.41, 5.74) is 3.72. The number of hydrogen-bond donors (Lipinski definition) is 1. The van der Waals surface area contributed by atoms with E-state index in [1.54, 1.807) is 6.08 Å². The van der Waals surface area contributed by atoms with Gasteiger partial charge >= 0.3 is 0 Å². The molecule has 1 heterocycles. The highest BCUT2D eigenvalue weighted by molar-refractivity contribution is 6.09. The van der Waals surface area contributed by atoms with Crippen molar-refractivity contribution in [1.29, 1.82) is 5.26 Å². The highest BCUT2D eigenvalue weighted by atomic mass is 16.1. The number of nitriles is 1. The molecule has 0 atom stereocenters. The Morgan fingerprint density at radius 1 is 1.30 bits per heavy atom. The van der Waals surface area contributed by atoms with Gasteiger partial charge in [-0.05, 0) is 57.0 Å². The third kappa shape index (κ3) is 3.89. The molecule has 0 aliphatic heterocycles. The quantitative estimate of drug-likeness (QED) is 0.678. The van der Waals surface area contributed by atoms with Crippen LogP contribution in [0.25, 0.3) is 6.08 Å². The van der Waals surface area contributed by atoms with Gasteiger partial charge in [-0.2, -0.15) is 5.26 Å². The van der Waals surface area contributed by atoms with E-state index in [-0.39, 0.29) is 5.57 Å². The van der Waals surface area contributed by atoms with Gasteiger partial charge in [0.05, 0.1) is 0 Å². The third-order valence-electron chi connectivity index (χ3n) is 3.70. The zero-order valence-corrected chi connectivity index (χ0v) is 13.9. The van der Waals surface area contributed by atoms with Crippen LogP contribution in [0.2, 0.25) is 0 Å². The number of carbonyl (C=O) groups excluding carboxylic acids is 1. The van der Waals surface area contributed by atoms with Crippen molar-refractivity contribution in [3.8, 4) is 6.07 Å². The van der Waals surface area contributed by atoms with Gasteiger partial charge in [-0.1, -0.05) is 18.2 Å². The molecule has 0 saturated carbocycles. The predicted octanol–water partition coefficient (Wildman–Crippen LogP) is 4.23. The molecule has 2 rings (SSSR count). The molecular formula is C19H21N3O. The Kier molecular flexibility index (Phi) is 5.02. The Morgan fingerprint density at radius 2 is 2.00 bits per heavy atom. The van der Waals surface area contributed by atoms with E-state index in [1.807, 2.05) is 56.4 Å². The Morgan fingerprint density at radius 3 is 2.57 bits per heavy atom. The molecule has 1 aromatic carbocycles. The van der Waals surface area contributed by atoms with Crippen LogP contribution in [0.15, 0.2) is 42.1 Å². The van der Waals surface area contributed by atoms with Crippen LogP contribution in [0.5, 0.6) is 0 Å². The van der Waals surface area contributed by atoms with Gasteiger partial charge in [0.2, 0.25) is 0 Å². The van der Waals surface area contributed by atoms with Crippen LogP contribution in [0.1, 0.15) is 36.7 Å². The molecule has 2 aromatic rings. The number of aryl methyl sites for hydroxylation is 2. The molecule has 118 valence electrons. The number of aromatic nitrogens is 1. The molecule has 1 N–H and O–H groups in total. The molecule has 0 spiro atoms. The lowest BCUT2D eigenvalue weighted by molar-refractivity contribution is -0.112. The molecule has 1 amide bonds. The van der Waals surface area contributed by atoms with Crippen molar-refractivity contribution in [2.24, 2.45) is 0 Å². The zero-order chi connectivity index (χ0) is 17.0. The van der Waals surface area contributed by atoms with E-state index in [9.17, 15) is 10.1 Å². The minimum atomic E-state index is -0.392. The second-order valence-corrected chi connectivity index (χ2v) is 5.85. The van der Waals surface area contributed by atoms with Crippen LogP contribution in [0.4, 0.5) is 5.69 Å². The van der Waals surface area contributed by atoms with Crippen molar-refractivity contribution in [2.45, 2.75) is 33.7 Å². The molecule has 4 heteroatoms. The summed E-state index contributed by atoms with van der Waals surface area (Å²) in [6, 6.07) is 11.8. The van der Waals surface area contributed by atoms with Crippen LogP contribution >= 0.6 is 0 Å². The SMILES string of the molecule is Cc1ccccc1NC(=O)/C(C#N)=C/c1cc(C)n(C(C)C)c1. The standard InChI is InChI=1S/C19H21N3O/c1-13(2)22-12-16(9-15(22)4)10-17(11-20)19(23)21-18-8-6-5-7-14(18)3/h5-10,12-13H,1-4H3,(H,21,23)/b17-10+. The number of nitrogens with one attached hydrogen (secondary N) is 1. The van der Waals surface area contributed by atoms with E-state index >= 15 is 0 Å². The summed E-state index contributed by atoms with van der Waals surface area (Å²) in [5.74, 6) is -0.392. The minimum absolute atomic E-state index is 0.0918. The fraction of sp³-hybridized carbons (Fsp3) is 0.263. The van der Waals surface area contributed by atoms with Gasteiger partial charge in [-0.3, -0.25) is 4.79 Å². The molecule has 23 heavy (non-hydrogen) atoms. The summed E-state index contributed by atoms with van der Waals surface area (Å²) in [5, 5.41) is 12.1. The molecular weight excluding hydrogens is 286 g/mol. The van der Waals surface area contributed by atoms with E-state index in [1.165, 1.54) is 0 Å². The summed E-state index contributed by atoms with van der Waals surface area (Å²) < 4.78 is 2.11. The maximum Gasteiger partial charge on any atom is 0.266 e. The highest BCUT2D eigenvalue weighted by Crippen LogP contribution is 2.18. The Bertz CT molecular complexity index is 791. The fourth-order valence-electron chi connectivity index (χ4n) is 2.47. The van der Waals surface area contributed by atoms with Gasteiger partial charge in [0.15, 0.2) is 0 Å². The summed E-state index contributed by atoms with van der Waals surface area (Å²) in [6.07, 6.45) is 3.58.